The Kier molecular flexibility index (Phi) is 7.47. The molecule has 1 aromatic heterocycles. The predicted octanol–water partition coefficient (Wildman–Crippen LogP) is 3.10. The lowest BCUT2D eigenvalue weighted by atomic mass is 10.1. The zero-order chi connectivity index (χ0) is 18.1. The van der Waals surface area contributed by atoms with Gasteiger partial charge in [0, 0.05) is 18.2 Å². The van der Waals surface area contributed by atoms with E-state index in [9.17, 15) is 9.59 Å². The smallest absolute Gasteiger partial charge is 0.328 e. The average molecular weight is 358 g/mol. The lowest BCUT2D eigenvalue weighted by Gasteiger charge is -2.17. The van der Waals surface area contributed by atoms with Crippen LogP contribution in [0.25, 0.3) is 0 Å². The van der Waals surface area contributed by atoms with Gasteiger partial charge >= 0.3 is 5.97 Å². The van der Waals surface area contributed by atoms with Crippen LogP contribution in [0.2, 0.25) is 0 Å². The summed E-state index contributed by atoms with van der Waals surface area (Å²) in [6.45, 7) is 4.04. The minimum Gasteiger partial charge on any atom is -0.464 e. The van der Waals surface area contributed by atoms with Crippen molar-refractivity contribution in [2.24, 2.45) is 0 Å². The summed E-state index contributed by atoms with van der Waals surface area (Å²) in [5.41, 5.74) is 1.44. The van der Waals surface area contributed by atoms with Crippen LogP contribution in [0.5, 0.6) is 0 Å². The molecule has 1 amide bonds. The first-order valence-electron chi connectivity index (χ1n) is 8.24. The van der Waals surface area contributed by atoms with Gasteiger partial charge in [0.15, 0.2) is 0 Å². The molecule has 0 aliphatic carbocycles. The zero-order valence-electron chi connectivity index (χ0n) is 14.4. The summed E-state index contributed by atoms with van der Waals surface area (Å²) in [6.07, 6.45) is 1.98. The number of ether oxygens (including phenoxy) is 1. The number of carbonyl (C=O) groups excluding carboxylic acids is 2. The van der Waals surface area contributed by atoms with E-state index in [0.717, 1.165) is 16.3 Å². The summed E-state index contributed by atoms with van der Waals surface area (Å²) < 4.78 is 5.11. The lowest BCUT2D eigenvalue weighted by Crippen LogP contribution is -2.43. The molecule has 5 nitrogen and oxygen atoms in total. The Hall–Kier alpha value is -2.34. The number of hydrogen-bond donors (Lipinski definition) is 1. The van der Waals surface area contributed by atoms with Crippen LogP contribution in [0.4, 0.5) is 0 Å². The summed E-state index contributed by atoms with van der Waals surface area (Å²) in [4.78, 5) is 29.0. The Morgan fingerprint density at radius 3 is 2.64 bits per heavy atom. The summed E-state index contributed by atoms with van der Waals surface area (Å²) in [5.74, 6) is 0.128. The molecule has 25 heavy (non-hydrogen) atoms. The molecular weight excluding hydrogens is 336 g/mol. The number of carbonyl (C=O) groups is 2. The van der Waals surface area contributed by atoms with E-state index >= 15 is 0 Å². The highest BCUT2D eigenvalue weighted by atomic mass is 32.2. The predicted molar refractivity (Wildman–Crippen MR) is 98.7 cm³/mol. The number of aromatic nitrogens is 1. The first-order chi connectivity index (χ1) is 12.1. The van der Waals surface area contributed by atoms with Crippen molar-refractivity contribution in [3.63, 3.8) is 0 Å². The van der Waals surface area contributed by atoms with E-state index in [4.69, 9.17) is 4.74 Å². The van der Waals surface area contributed by atoms with Gasteiger partial charge in [-0.05, 0) is 30.4 Å². The third kappa shape index (κ3) is 5.90. The molecule has 1 atom stereocenters. The molecule has 0 saturated carbocycles. The molecular formula is C19H22N2O3S. The van der Waals surface area contributed by atoms with Crippen molar-refractivity contribution in [2.75, 3.05) is 12.4 Å². The molecule has 0 saturated heterocycles. The number of pyridine rings is 1. The van der Waals surface area contributed by atoms with Crippen molar-refractivity contribution in [1.82, 2.24) is 10.3 Å². The van der Waals surface area contributed by atoms with E-state index < -0.39 is 12.0 Å². The molecule has 1 aromatic carbocycles. The maximum Gasteiger partial charge on any atom is 0.328 e. The van der Waals surface area contributed by atoms with Crippen LogP contribution >= 0.6 is 11.8 Å². The second kappa shape index (κ2) is 9.84. The number of rotatable bonds is 8. The second-order valence-electron chi connectivity index (χ2n) is 5.28. The van der Waals surface area contributed by atoms with Crippen LogP contribution in [0.3, 0.4) is 0 Å². The van der Waals surface area contributed by atoms with Crippen molar-refractivity contribution < 1.29 is 14.3 Å². The topological polar surface area (TPSA) is 68.3 Å². The molecule has 1 heterocycles. The Bertz CT molecular complexity index is 707. The first-order valence-corrected chi connectivity index (χ1v) is 9.22. The van der Waals surface area contributed by atoms with Crippen molar-refractivity contribution in [3.8, 4) is 0 Å². The maximum absolute atomic E-state index is 12.6. The van der Waals surface area contributed by atoms with Gasteiger partial charge in [-0.25, -0.2) is 9.78 Å². The summed E-state index contributed by atoms with van der Waals surface area (Å²) in [7, 11) is 0. The molecule has 1 unspecified atom stereocenters. The van der Waals surface area contributed by atoms with Gasteiger partial charge in [-0.1, -0.05) is 37.3 Å². The monoisotopic (exact) mass is 358 g/mol. The number of nitrogens with one attached hydrogen (secondary N) is 1. The van der Waals surface area contributed by atoms with Crippen LogP contribution in [0.1, 0.15) is 29.8 Å². The number of benzene rings is 1. The molecule has 0 radical (unpaired) electrons. The fourth-order valence-corrected chi connectivity index (χ4v) is 2.95. The summed E-state index contributed by atoms with van der Waals surface area (Å²) in [5, 5.41) is 3.57. The Labute approximate surface area is 152 Å². The number of esters is 1. The fraction of sp³-hybridized carbons (Fsp3) is 0.316. The average Bonchev–Trinajstić information content (AvgIpc) is 2.62. The highest BCUT2D eigenvalue weighted by molar-refractivity contribution is 7.99. The van der Waals surface area contributed by atoms with Crippen LogP contribution < -0.4 is 5.32 Å². The molecule has 132 valence electrons. The highest BCUT2D eigenvalue weighted by Crippen LogP contribution is 2.16. The molecule has 0 spiro atoms. The Morgan fingerprint density at radius 1 is 1.20 bits per heavy atom. The largest absolute Gasteiger partial charge is 0.464 e. The van der Waals surface area contributed by atoms with Crippen molar-refractivity contribution in [1.29, 1.82) is 0 Å². The van der Waals surface area contributed by atoms with Gasteiger partial charge in [0.25, 0.3) is 5.91 Å². The van der Waals surface area contributed by atoms with E-state index in [1.54, 1.807) is 37.0 Å². The molecule has 0 aliphatic heterocycles. The zero-order valence-corrected chi connectivity index (χ0v) is 15.2. The van der Waals surface area contributed by atoms with Gasteiger partial charge in [-0.3, -0.25) is 4.79 Å². The number of nitrogens with zero attached hydrogens (tertiary/aromatic N) is 1. The third-order valence-corrected chi connectivity index (χ3v) is 4.26. The summed E-state index contributed by atoms with van der Waals surface area (Å²) in [6, 6.07) is 12.2. The molecule has 0 aliphatic rings. The molecule has 2 rings (SSSR count). The molecule has 0 bridgehead atoms. The van der Waals surface area contributed by atoms with Gasteiger partial charge in [0.1, 0.15) is 6.04 Å². The van der Waals surface area contributed by atoms with E-state index in [1.807, 2.05) is 37.3 Å². The molecule has 0 fully saturated rings. The van der Waals surface area contributed by atoms with Crippen molar-refractivity contribution >= 4 is 23.6 Å². The molecule has 6 heteroatoms. The fourth-order valence-electron chi connectivity index (χ4n) is 2.31. The molecule has 1 N–H and O–H groups in total. The number of thioether (sulfide) groups is 1. The SMILES string of the molecule is CCOC(=O)C(Cc1ccccc1)NC(=O)c1ccnc(SCC)c1. The molecule has 2 aromatic rings. The van der Waals surface area contributed by atoms with E-state index in [2.05, 4.69) is 10.3 Å². The van der Waals surface area contributed by atoms with Crippen LogP contribution in [0.15, 0.2) is 53.7 Å². The standard InChI is InChI=1S/C19H22N2O3S/c1-3-24-19(23)16(12-14-8-6-5-7-9-14)21-18(22)15-10-11-20-17(13-15)25-4-2/h5-11,13,16H,3-4,12H2,1-2H3,(H,21,22). The lowest BCUT2D eigenvalue weighted by molar-refractivity contribution is -0.145. The van der Waals surface area contributed by atoms with E-state index in [1.165, 1.54) is 0 Å². The van der Waals surface area contributed by atoms with Crippen LogP contribution in [-0.4, -0.2) is 35.3 Å². The van der Waals surface area contributed by atoms with E-state index in [0.29, 0.717) is 12.0 Å². The Morgan fingerprint density at radius 2 is 1.96 bits per heavy atom. The van der Waals surface area contributed by atoms with Gasteiger partial charge < -0.3 is 10.1 Å². The number of hydrogen-bond acceptors (Lipinski definition) is 5. The van der Waals surface area contributed by atoms with Gasteiger partial charge in [0.05, 0.1) is 11.6 Å². The highest BCUT2D eigenvalue weighted by Gasteiger charge is 2.23. The second-order valence-corrected chi connectivity index (χ2v) is 6.57. The minimum absolute atomic E-state index is 0.270. The minimum atomic E-state index is -0.731. The Balaban J connectivity index is 2.13. The van der Waals surface area contributed by atoms with Crippen LogP contribution in [-0.2, 0) is 16.0 Å². The third-order valence-electron chi connectivity index (χ3n) is 3.45. The van der Waals surface area contributed by atoms with Crippen molar-refractivity contribution in [2.45, 2.75) is 31.3 Å². The summed E-state index contributed by atoms with van der Waals surface area (Å²) >= 11 is 1.56. The quantitative estimate of drug-likeness (QED) is 0.580. The van der Waals surface area contributed by atoms with E-state index in [-0.39, 0.29) is 12.5 Å². The van der Waals surface area contributed by atoms with Gasteiger partial charge in [0.2, 0.25) is 0 Å². The number of amides is 1. The van der Waals surface area contributed by atoms with Gasteiger partial charge in [-0.15, -0.1) is 11.8 Å². The van der Waals surface area contributed by atoms with Gasteiger partial charge in [-0.2, -0.15) is 0 Å². The maximum atomic E-state index is 12.6. The first kappa shape index (κ1) is 19.0. The van der Waals surface area contributed by atoms with Crippen molar-refractivity contribution in [3.05, 3.63) is 59.8 Å². The normalized spacial score (nSPS) is 11.6. The van der Waals surface area contributed by atoms with Crippen LogP contribution in [0, 0.1) is 0 Å².